The Hall–Kier alpha value is -1.34. The zero-order valence-corrected chi connectivity index (χ0v) is 12.2. The lowest BCUT2D eigenvalue weighted by Crippen LogP contribution is -2.52. The van der Waals surface area contributed by atoms with Gasteiger partial charge in [-0.2, -0.15) is 0 Å². The number of likely N-dealkylation sites (tertiary alicyclic amines) is 1. The smallest absolute Gasteiger partial charge is 0.337 e. The van der Waals surface area contributed by atoms with Crippen molar-refractivity contribution >= 4 is 12.0 Å². The van der Waals surface area contributed by atoms with Gasteiger partial charge in [0.25, 0.3) is 0 Å². The second kappa shape index (κ2) is 7.44. The van der Waals surface area contributed by atoms with Crippen LogP contribution in [0.4, 0.5) is 4.79 Å². The molecule has 0 saturated carbocycles. The fraction of sp³-hybridized carbons (Fsp3) is 0.846. The van der Waals surface area contributed by atoms with Crippen LogP contribution >= 0.6 is 0 Å². The Kier molecular flexibility index (Phi) is 6.22. The van der Waals surface area contributed by atoms with Crippen LogP contribution in [0, 0.1) is 0 Å². The molecular formula is C13H25N3O4. The molecule has 2 amide bonds. The minimum atomic E-state index is -1.94. The van der Waals surface area contributed by atoms with Gasteiger partial charge in [0.05, 0.1) is 6.54 Å². The van der Waals surface area contributed by atoms with Crippen LogP contribution < -0.4 is 10.6 Å². The van der Waals surface area contributed by atoms with Crippen molar-refractivity contribution in [3.63, 3.8) is 0 Å². The predicted octanol–water partition coefficient (Wildman–Crippen LogP) is -0.00440. The third kappa shape index (κ3) is 5.34. The number of piperidine rings is 1. The van der Waals surface area contributed by atoms with Crippen LogP contribution in [0.25, 0.3) is 0 Å². The number of carbonyl (C=O) groups excluding carboxylic acids is 1. The maximum Gasteiger partial charge on any atom is 0.337 e. The highest BCUT2D eigenvalue weighted by Crippen LogP contribution is 2.10. The van der Waals surface area contributed by atoms with Crippen LogP contribution in [0.15, 0.2) is 0 Å². The molecule has 0 radical (unpaired) electrons. The highest BCUT2D eigenvalue weighted by Gasteiger charge is 2.30. The number of amides is 2. The number of carboxylic acids is 1. The van der Waals surface area contributed by atoms with Gasteiger partial charge in [-0.3, -0.25) is 0 Å². The Balaban J connectivity index is 2.25. The van der Waals surface area contributed by atoms with E-state index in [9.17, 15) is 14.7 Å². The summed E-state index contributed by atoms with van der Waals surface area (Å²) in [5.41, 5.74) is -1.94. The first kappa shape index (κ1) is 16.7. The van der Waals surface area contributed by atoms with Crippen molar-refractivity contribution in [2.45, 2.75) is 44.8 Å². The number of hydrogen-bond acceptors (Lipinski definition) is 4. The van der Waals surface area contributed by atoms with Gasteiger partial charge < -0.3 is 25.7 Å². The summed E-state index contributed by atoms with van der Waals surface area (Å²) >= 11 is 0. The van der Waals surface area contributed by atoms with Crippen molar-refractivity contribution in [3.8, 4) is 0 Å². The molecule has 0 aromatic heterocycles. The van der Waals surface area contributed by atoms with Gasteiger partial charge in [0.1, 0.15) is 0 Å². The van der Waals surface area contributed by atoms with Gasteiger partial charge >= 0.3 is 12.0 Å². The molecule has 1 aliphatic rings. The van der Waals surface area contributed by atoms with Crippen LogP contribution in [0.3, 0.4) is 0 Å². The van der Waals surface area contributed by atoms with Gasteiger partial charge in [-0.1, -0.05) is 6.92 Å². The third-order valence-electron chi connectivity index (χ3n) is 3.52. The van der Waals surface area contributed by atoms with Crippen LogP contribution in [0.5, 0.6) is 0 Å². The van der Waals surface area contributed by atoms with Gasteiger partial charge in [-0.15, -0.1) is 0 Å². The van der Waals surface area contributed by atoms with Crippen molar-refractivity contribution < 1.29 is 19.8 Å². The molecule has 7 heteroatoms. The Labute approximate surface area is 119 Å². The van der Waals surface area contributed by atoms with Gasteiger partial charge in [0, 0.05) is 19.1 Å². The molecule has 1 heterocycles. The number of nitrogens with zero attached hydrogens (tertiary/aromatic N) is 1. The molecule has 1 atom stereocenters. The van der Waals surface area contributed by atoms with Crippen molar-refractivity contribution in [1.82, 2.24) is 15.5 Å². The number of rotatable bonds is 6. The fourth-order valence-electron chi connectivity index (χ4n) is 2.18. The second-order valence-corrected chi connectivity index (χ2v) is 5.52. The first-order valence-electron chi connectivity index (χ1n) is 7.07. The molecule has 4 N–H and O–H groups in total. The lowest BCUT2D eigenvalue weighted by Gasteiger charge is -2.32. The van der Waals surface area contributed by atoms with Crippen LogP contribution in [0.1, 0.15) is 33.1 Å². The van der Waals surface area contributed by atoms with E-state index >= 15 is 0 Å². The molecule has 116 valence electrons. The SMILES string of the molecule is CCCN1CCC(NC(=O)NCC(C)(O)C(=O)O)CC1. The molecular weight excluding hydrogens is 262 g/mol. The molecule has 7 nitrogen and oxygen atoms in total. The van der Waals surface area contributed by atoms with E-state index in [1.807, 2.05) is 0 Å². The summed E-state index contributed by atoms with van der Waals surface area (Å²) in [6, 6.07) is -0.321. The Morgan fingerprint density at radius 1 is 1.35 bits per heavy atom. The average Bonchev–Trinajstić information content (AvgIpc) is 2.39. The van der Waals surface area contributed by atoms with E-state index in [0.717, 1.165) is 45.8 Å². The molecule has 20 heavy (non-hydrogen) atoms. The van der Waals surface area contributed by atoms with Crippen LogP contribution in [-0.2, 0) is 4.79 Å². The lowest BCUT2D eigenvalue weighted by molar-refractivity contribution is -0.155. The number of nitrogens with one attached hydrogen (secondary N) is 2. The number of aliphatic carboxylic acids is 1. The Morgan fingerprint density at radius 3 is 2.45 bits per heavy atom. The summed E-state index contributed by atoms with van der Waals surface area (Å²) in [6.45, 7) is 5.99. The van der Waals surface area contributed by atoms with Crippen molar-refractivity contribution in [2.75, 3.05) is 26.2 Å². The van der Waals surface area contributed by atoms with E-state index in [1.54, 1.807) is 0 Å². The Bertz CT molecular complexity index is 339. The van der Waals surface area contributed by atoms with Gasteiger partial charge in [-0.25, -0.2) is 9.59 Å². The van der Waals surface area contributed by atoms with E-state index in [-0.39, 0.29) is 12.6 Å². The van der Waals surface area contributed by atoms with E-state index in [1.165, 1.54) is 0 Å². The maximum absolute atomic E-state index is 11.6. The van der Waals surface area contributed by atoms with Crippen molar-refractivity contribution in [2.24, 2.45) is 0 Å². The highest BCUT2D eigenvalue weighted by atomic mass is 16.4. The number of aliphatic hydroxyl groups is 1. The van der Waals surface area contributed by atoms with Gasteiger partial charge in [-0.05, 0) is 32.7 Å². The maximum atomic E-state index is 11.6. The minimum absolute atomic E-state index is 0.109. The van der Waals surface area contributed by atoms with Crippen molar-refractivity contribution in [3.05, 3.63) is 0 Å². The Morgan fingerprint density at radius 2 is 1.95 bits per heavy atom. The quantitative estimate of drug-likeness (QED) is 0.550. The standard InChI is InChI=1S/C13H25N3O4/c1-3-6-16-7-4-10(5-8-16)15-12(19)14-9-13(2,20)11(17)18/h10,20H,3-9H2,1-2H3,(H,17,18)(H2,14,15,19). The van der Waals surface area contributed by atoms with Crippen LogP contribution in [-0.4, -0.2) is 64.9 Å². The molecule has 0 aromatic carbocycles. The summed E-state index contributed by atoms with van der Waals surface area (Å²) in [5, 5.41) is 23.4. The molecule has 1 rings (SSSR count). The molecule has 0 aliphatic carbocycles. The molecule has 1 saturated heterocycles. The second-order valence-electron chi connectivity index (χ2n) is 5.52. The number of carbonyl (C=O) groups is 2. The predicted molar refractivity (Wildman–Crippen MR) is 74.5 cm³/mol. The van der Waals surface area contributed by atoms with Gasteiger partial charge in [0.15, 0.2) is 5.60 Å². The largest absolute Gasteiger partial charge is 0.479 e. The number of hydrogen-bond donors (Lipinski definition) is 4. The van der Waals surface area contributed by atoms with E-state index in [2.05, 4.69) is 22.5 Å². The summed E-state index contributed by atoms with van der Waals surface area (Å²) in [4.78, 5) is 24.7. The minimum Gasteiger partial charge on any atom is -0.479 e. The summed E-state index contributed by atoms with van der Waals surface area (Å²) < 4.78 is 0. The summed E-state index contributed by atoms with van der Waals surface area (Å²) in [6.07, 6.45) is 2.91. The fourth-order valence-corrected chi connectivity index (χ4v) is 2.18. The molecule has 1 aliphatic heterocycles. The molecule has 0 spiro atoms. The van der Waals surface area contributed by atoms with E-state index < -0.39 is 17.6 Å². The topological polar surface area (TPSA) is 102 Å². The first-order valence-corrected chi connectivity index (χ1v) is 7.07. The van der Waals surface area contributed by atoms with E-state index in [4.69, 9.17) is 5.11 Å². The zero-order valence-electron chi connectivity index (χ0n) is 12.2. The summed E-state index contributed by atoms with van der Waals surface area (Å²) in [5.74, 6) is -1.36. The number of carboxylic acid groups (broad SMARTS) is 1. The molecule has 0 aromatic rings. The van der Waals surface area contributed by atoms with Gasteiger partial charge in [0.2, 0.25) is 0 Å². The van der Waals surface area contributed by atoms with Crippen molar-refractivity contribution in [1.29, 1.82) is 0 Å². The zero-order chi connectivity index (χ0) is 15.2. The first-order chi connectivity index (χ1) is 9.35. The van der Waals surface area contributed by atoms with Crippen LogP contribution in [0.2, 0.25) is 0 Å². The lowest BCUT2D eigenvalue weighted by atomic mass is 10.1. The van der Waals surface area contributed by atoms with E-state index in [0.29, 0.717) is 0 Å². The average molecular weight is 287 g/mol. The highest BCUT2D eigenvalue weighted by molar-refractivity contribution is 5.79. The third-order valence-corrected chi connectivity index (χ3v) is 3.52. The number of urea groups is 1. The molecule has 1 fully saturated rings. The monoisotopic (exact) mass is 287 g/mol. The summed E-state index contributed by atoms with van der Waals surface area (Å²) in [7, 11) is 0. The molecule has 1 unspecified atom stereocenters. The normalized spacial score (nSPS) is 20.1. The molecule has 0 bridgehead atoms.